The smallest absolute Gasteiger partial charge is 0.326 e. The molecule has 0 aliphatic carbocycles. The number of nitrogens with one attached hydrogen (secondary N) is 17. The molecule has 20 amide bonds. The van der Waals surface area contributed by atoms with Crippen molar-refractivity contribution < 1.29 is 126 Å². The minimum absolute atomic E-state index is 0.00298. The van der Waals surface area contributed by atoms with Gasteiger partial charge in [-0.05, 0) is 134 Å². The predicted octanol–water partition coefficient (Wildman–Crippen LogP) is -9.31. The summed E-state index contributed by atoms with van der Waals surface area (Å²) in [5.41, 5.74) is 17.9. The topological polar surface area (TPSA) is 767 Å². The third kappa shape index (κ3) is 35.9. The van der Waals surface area contributed by atoms with E-state index in [1.165, 1.54) is 47.3 Å². The van der Waals surface area contributed by atoms with Crippen molar-refractivity contribution in [3.8, 4) is 0 Å². The number of benzene rings is 2. The van der Waals surface area contributed by atoms with Crippen LogP contribution >= 0.6 is 0 Å². The second-order valence-corrected chi connectivity index (χ2v) is 36.7. The maximum Gasteiger partial charge on any atom is 0.326 e. The normalized spacial score (nSPS) is 18.8. The van der Waals surface area contributed by atoms with Gasteiger partial charge in [0.1, 0.15) is 109 Å². The van der Waals surface area contributed by atoms with Crippen molar-refractivity contribution in [2.24, 2.45) is 35.0 Å². The molecule has 0 bridgehead atoms. The van der Waals surface area contributed by atoms with Crippen LogP contribution in [-0.2, 0) is 114 Å². The first kappa shape index (κ1) is 116. The number of rotatable bonds is 54. The highest BCUT2D eigenvalue weighted by atomic mass is 16.4. The number of amides is 20. The number of nitrogens with zero attached hydrogens (tertiary/aromatic N) is 4. The molecule has 4 aliphatic rings. The molecule has 2 aromatic carbocycles. The number of carbonyl (C=O) groups is 21. The number of carbonyl (C=O) groups excluding carboxylic acids is 20. The summed E-state index contributed by atoms with van der Waals surface area (Å²) in [6.45, 7) is 10.6. The van der Waals surface area contributed by atoms with E-state index >= 15 is 0 Å². The van der Waals surface area contributed by atoms with Crippen molar-refractivity contribution in [1.29, 1.82) is 5.41 Å². The van der Waals surface area contributed by atoms with Crippen molar-refractivity contribution in [1.82, 2.24) is 105 Å². The van der Waals surface area contributed by atoms with Crippen LogP contribution in [0.25, 0.3) is 0 Å². The highest BCUT2D eigenvalue weighted by Crippen LogP contribution is 2.28. The molecular formula is C91H140N24O26. The number of nitrogens with two attached hydrogens (primary N) is 3. The van der Waals surface area contributed by atoms with Crippen LogP contribution in [0.3, 0.4) is 0 Å². The van der Waals surface area contributed by atoms with Gasteiger partial charge in [-0.3, -0.25) is 101 Å². The molecular weight excluding hydrogens is 1850 g/mol. The van der Waals surface area contributed by atoms with Gasteiger partial charge in [-0.25, -0.2) is 4.79 Å². The van der Waals surface area contributed by atoms with E-state index in [1.807, 2.05) is 0 Å². The van der Waals surface area contributed by atoms with Crippen LogP contribution in [0.2, 0.25) is 0 Å². The Kier molecular flexibility index (Phi) is 46.6. The van der Waals surface area contributed by atoms with E-state index in [-0.39, 0.29) is 115 Å². The molecule has 4 saturated heterocycles. The first-order chi connectivity index (χ1) is 66.6. The Labute approximate surface area is 815 Å². The molecule has 0 unspecified atom stereocenters. The van der Waals surface area contributed by atoms with E-state index in [0.717, 1.165) is 13.8 Å². The van der Waals surface area contributed by atoms with Crippen LogP contribution in [0.5, 0.6) is 0 Å². The maximum atomic E-state index is 14.5. The number of carboxylic acid groups (broad SMARTS) is 1. The van der Waals surface area contributed by atoms with Crippen LogP contribution in [0, 0.1) is 23.2 Å². The lowest BCUT2D eigenvalue weighted by molar-refractivity contribution is -0.149. The highest BCUT2D eigenvalue weighted by molar-refractivity contribution is 6.03. The Hall–Kier alpha value is -13.6. The highest BCUT2D eigenvalue weighted by Gasteiger charge is 2.47. The fourth-order valence-corrected chi connectivity index (χ4v) is 16.5. The minimum Gasteiger partial charge on any atom is -0.480 e. The van der Waals surface area contributed by atoms with Gasteiger partial charge in [0.05, 0.1) is 45.4 Å². The van der Waals surface area contributed by atoms with Crippen molar-refractivity contribution in [3.05, 3.63) is 71.8 Å². The summed E-state index contributed by atoms with van der Waals surface area (Å²) in [5, 5.41) is 98.0. The molecule has 50 nitrogen and oxygen atoms in total. The molecule has 780 valence electrons. The zero-order valence-corrected chi connectivity index (χ0v) is 81.0. The lowest BCUT2D eigenvalue weighted by atomic mass is 9.99. The van der Waals surface area contributed by atoms with Crippen molar-refractivity contribution in [2.75, 3.05) is 65.6 Å². The molecule has 0 aromatic heterocycles. The number of primary amides is 1. The first-order valence-corrected chi connectivity index (χ1v) is 47.2. The SMILES string of the molecule is CC(C)C[C@H](NC(=O)[C@H](CCCNC(=N)N)NC(=O)CNC(=O)[C@@H](NC(=O)[C@H](C)NC(=O)[C@H](CC(N)=O)NC(=O)[C@@H](NC(=O)[C@H](CC(C)C)NC(=O)[C@H](CO)NC(=O)CNC(=O)[C@@H]1CCCN1C(=O)[C@@H]1CCCN1C(=O)[C@H](CO)NC(=O)[C@H](Cc1ccccc1)NC(=O)[C@H](Cc1ccccc1)NC(=O)[C@@H](N)CO)C(C)C)[C@@H](C)O)C(=O)N[C@@H](C)C(=O)N1CCC[C@H]1C(=O)N[C@@H](C)C(=O)N1CCC[C@H]1C(=O)O. The zero-order chi connectivity index (χ0) is 105. The quantitative estimate of drug-likeness (QED) is 0.0166. The lowest BCUT2D eigenvalue weighted by Crippen LogP contribution is -2.61. The monoisotopic (exact) mass is 1990 g/mol. The van der Waals surface area contributed by atoms with Crippen molar-refractivity contribution in [2.45, 2.75) is 280 Å². The van der Waals surface area contributed by atoms with Gasteiger partial charge in [-0.2, -0.15) is 0 Å². The number of hydrogen-bond donors (Lipinski definition) is 25. The summed E-state index contributed by atoms with van der Waals surface area (Å²) in [7, 11) is 0. The van der Waals surface area contributed by atoms with Gasteiger partial charge < -0.3 is 147 Å². The van der Waals surface area contributed by atoms with Crippen LogP contribution in [0.15, 0.2) is 60.7 Å². The largest absolute Gasteiger partial charge is 0.480 e. The predicted molar refractivity (Wildman–Crippen MR) is 503 cm³/mol. The Balaban J connectivity index is 1.01. The number of carboxylic acids is 1. The van der Waals surface area contributed by atoms with Gasteiger partial charge in [-0.1, -0.05) is 102 Å². The maximum absolute atomic E-state index is 14.5. The van der Waals surface area contributed by atoms with Crippen LogP contribution in [-0.4, -0.2) is 356 Å². The molecule has 4 heterocycles. The van der Waals surface area contributed by atoms with Crippen LogP contribution < -0.4 is 102 Å². The van der Waals surface area contributed by atoms with E-state index in [2.05, 4.69) is 85.1 Å². The number of aliphatic hydroxyl groups is 4. The summed E-state index contributed by atoms with van der Waals surface area (Å²) in [4.78, 5) is 293. The fourth-order valence-electron chi connectivity index (χ4n) is 16.5. The third-order valence-corrected chi connectivity index (χ3v) is 24.0. The number of aliphatic carboxylic acids is 1. The van der Waals surface area contributed by atoms with Crippen LogP contribution in [0.4, 0.5) is 0 Å². The molecule has 19 atom stereocenters. The van der Waals surface area contributed by atoms with E-state index in [9.17, 15) is 126 Å². The summed E-state index contributed by atoms with van der Waals surface area (Å²) in [5.74, 6) is -21.6. The summed E-state index contributed by atoms with van der Waals surface area (Å²) < 4.78 is 0. The van der Waals surface area contributed by atoms with E-state index in [1.54, 1.807) is 88.4 Å². The second-order valence-electron chi connectivity index (χ2n) is 36.7. The summed E-state index contributed by atoms with van der Waals surface area (Å²) >= 11 is 0. The number of aliphatic hydroxyl groups excluding tert-OH is 4. The Morgan fingerprint density at radius 1 is 0.390 bits per heavy atom. The average molecular weight is 1990 g/mol. The standard InChI is InChI=1S/C91H140N24O26/c1-46(2)36-57(76(126)100-50(8)86(136)112-32-19-28-65(112)83(133)101-51(9)87(137)115-35-21-30-67(115)90(140)141)105-75(125)56(26-17-31-96-91(94)95)102-69(121)42-98-84(134)72(52(10)119)111-73(123)49(7)99-77(127)61(40-68(93)120)108-85(135)71(48(5)6)110-80(130)58(37-47(3)4)106-81(131)62(44-117)103-70(122)41-97-82(132)64-27-18-33-113(64)89(139)66-29-20-34-114(66)88(138)63(45-118)109-79(129)60(39-54-24-15-12-16-25-54)107-78(128)59(104-74(124)55(92)43-116)38-53-22-13-11-14-23-53/h11-16,22-25,46-52,55-67,71-72,116-119H,17-21,26-45,92H2,1-10H3,(H2,93,120)(H,97,132)(H,98,134)(H,99,127)(H,100,126)(H,101,133)(H,102,121)(H,103,122)(H,104,124)(H,105,125)(H,106,131)(H,107,128)(H,108,135)(H,109,129)(H,110,130)(H,111,123)(H,140,141)(H4,94,95,96)/t49-,50-,51-,52+,55-,56-,57-,58-,59-,60-,61-,62-,63-,64-,65-,66-,67-,71-,72-/m0/s1. The van der Waals surface area contributed by atoms with Gasteiger partial charge >= 0.3 is 5.97 Å². The minimum atomic E-state index is -1.87. The van der Waals surface area contributed by atoms with E-state index in [4.69, 9.17) is 22.6 Å². The molecule has 6 rings (SSSR count). The Morgan fingerprint density at radius 3 is 1.28 bits per heavy atom. The number of guanidine groups is 1. The Bertz CT molecular complexity index is 4740. The molecule has 141 heavy (non-hydrogen) atoms. The molecule has 0 saturated carbocycles. The molecule has 0 spiro atoms. The van der Waals surface area contributed by atoms with Gasteiger partial charge in [0.2, 0.25) is 118 Å². The second kappa shape index (κ2) is 56.6. The van der Waals surface area contributed by atoms with Crippen molar-refractivity contribution in [3.63, 3.8) is 0 Å². The van der Waals surface area contributed by atoms with Crippen LogP contribution in [0.1, 0.15) is 164 Å². The van der Waals surface area contributed by atoms with Gasteiger partial charge in [0, 0.05) is 45.6 Å². The lowest BCUT2D eigenvalue weighted by Gasteiger charge is -2.33. The third-order valence-electron chi connectivity index (χ3n) is 24.0. The first-order valence-electron chi connectivity index (χ1n) is 47.2. The summed E-state index contributed by atoms with van der Waals surface area (Å²) in [6, 6.07) is -8.64. The average Bonchev–Trinajstić information content (AvgIpc) is 1.66. The molecule has 28 N–H and O–H groups in total. The van der Waals surface area contributed by atoms with Crippen molar-refractivity contribution >= 4 is 130 Å². The molecule has 2 aromatic rings. The number of hydrogen-bond acceptors (Lipinski definition) is 27. The Morgan fingerprint density at radius 2 is 0.794 bits per heavy atom. The van der Waals surface area contributed by atoms with Gasteiger partial charge in [-0.15, -0.1) is 0 Å². The summed E-state index contributed by atoms with van der Waals surface area (Å²) in [6.07, 6.45) is -0.925. The molecule has 0 radical (unpaired) electrons. The van der Waals surface area contributed by atoms with E-state index < -0.39 is 290 Å². The van der Waals surface area contributed by atoms with Gasteiger partial charge in [0.25, 0.3) is 0 Å². The fraction of sp³-hybridized carbons (Fsp3) is 0.626. The van der Waals surface area contributed by atoms with E-state index in [0.29, 0.717) is 30.4 Å². The van der Waals surface area contributed by atoms with Gasteiger partial charge in [0.15, 0.2) is 5.96 Å². The molecule has 50 heteroatoms. The molecule has 4 aliphatic heterocycles. The zero-order valence-electron chi connectivity index (χ0n) is 81.0. The molecule has 4 fully saturated rings. The number of likely N-dealkylation sites (tertiary alicyclic amines) is 4.